The summed E-state index contributed by atoms with van der Waals surface area (Å²) in [6.45, 7) is 6.58. The molecule has 2 aromatic rings. The molecule has 2 heterocycles. The lowest BCUT2D eigenvalue weighted by Crippen LogP contribution is -2.57. The zero-order valence-corrected chi connectivity index (χ0v) is 25.3. The molecule has 1 aromatic heterocycles. The van der Waals surface area contributed by atoms with Gasteiger partial charge in [-0.1, -0.05) is 18.2 Å². The Kier molecular flexibility index (Phi) is 10.4. The van der Waals surface area contributed by atoms with Crippen molar-refractivity contribution in [2.45, 2.75) is 70.6 Å². The van der Waals surface area contributed by atoms with Gasteiger partial charge in [0, 0.05) is 44.7 Å². The van der Waals surface area contributed by atoms with Crippen LogP contribution in [0.25, 0.3) is 5.69 Å². The van der Waals surface area contributed by atoms with Crippen LogP contribution >= 0.6 is 0 Å². The average Bonchev–Trinajstić information content (AvgIpc) is 3.40. The molecule has 2 fully saturated rings. The third kappa shape index (κ3) is 7.66. The van der Waals surface area contributed by atoms with Crippen molar-refractivity contribution in [3.8, 4) is 11.6 Å². The number of aromatic nitrogens is 2. The van der Waals surface area contributed by atoms with Gasteiger partial charge in [-0.15, -0.1) is 0 Å². The van der Waals surface area contributed by atoms with E-state index in [0.29, 0.717) is 18.5 Å². The number of benzene rings is 1. The van der Waals surface area contributed by atoms with Crippen molar-refractivity contribution >= 4 is 29.8 Å². The smallest absolute Gasteiger partial charge is 0.409 e. The highest BCUT2D eigenvalue weighted by molar-refractivity contribution is 5.96. The van der Waals surface area contributed by atoms with E-state index in [0.717, 1.165) is 6.42 Å². The third-order valence-corrected chi connectivity index (χ3v) is 7.57. The normalized spacial score (nSPS) is 16.5. The van der Waals surface area contributed by atoms with Gasteiger partial charge in [0.05, 0.1) is 12.3 Å². The van der Waals surface area contributed by atoms with Crippen molar-refractivity contribution in [3.05, 3.63) is 42.1 Å². The number of para-hydroxylation sites is 1. The van der Waals surface area contributed by atoms with Crippen molar-refractivity contribution in [1.82, 2.24) is 30.2 Å². The quantitative estimate of drug-likeness (QED) is 0.324. The first-order chi connectivity index (χ1) is 21.0. The van der Waals surface area contributed by atoms with Crippen LogP contribution in [0.5, 0.6) is 5.88 Å². The molecule has 1 aliphatic carbocycles. The molecule has 1 aliphatic heterocycles. The number of carbonyl (C=O) groups is 5. The van der Waals surface area contributed by atoms with Gasteiger partial charge in [0.1, 0.15) is 6.04 Å². The van der Waals surface area contributed by atoms with Crippen molar-refractivity contribution < 1.29 is 38.6 Å². The molecule has 0 bridgehead atoms. The van der Waals surface area contributed by atoms with Gasteiger partial charge < -0.3 is 35.0 Å². The molecule has 14 heteroatoms. The fourth-order valence-corrected chi connectivity index (χ4v) is 5.07. The first-order valence-corrected chi connectivity index (χ1v) is 14.9. The van der Waals surface area contributed by atoms with Gasteiger partial charge in [-0.2, -0.15) is 5.10 Å². The van der Waals surface area contributed by atoms with Crippen LogP contribution in [0.3, 0.4) is 0 Å². The van der Waals surface area contributed by atoms with Gasteiger partial charge in [-0.3, -0.25) is 19.2 Å². The Labute approximate surface area is 255 Å². The largest absolute Gasteiger partial charge is 0.481 e. The first kappa shape index (κ1) is 32.3. The molecule has 1 aromatic carbocycles. The van der Waals surface area contributed by atoms with Crippen molar-refractivity contribution in [2.24, 2.45) is 0 Å². The number of rotatable bonds is 12. The number of amides is 4. The number of hydrogen-bond acceptors (Lipinski definition) is 8. The van der Waals surface area contributed by atoms with E-state index in [1.807, 2.05) is 19.9 Å². The Bertz CT molecular complexity index is 1350. The van der Waals surface area contributed by atoms with E-state index in [2.05, 4.69) is 15.7 Å². The fraction of sp³-hybridized carbons (Fsp3) is 0.533. The molecule has 1 saturated carbocycles. The molecule has 4 amide bonds. The van der Waals surface area contributed by atoms with Crippen LogP contribution in [0.1, 0.15) is 63.4 Å². The minimum absolute atomic E-state index is 0.0668. The molecular weight excluding hydrogens is 572 g/mol. The maximum absolute atomic E-state index is 13.5. The molecule has 0 spiro atoms. The second-order valence-electron chi connectivity index (χ2n) is 11.2. The number of nitrogens with one attached hydrogen (secondary N) is 2. The first-order valence-electron chi connectivity index (χ1n) is 14.9. The molecule has 4 rings (SSSR count). The van der Waals surface area contributed by atoms with E-state index >= 15 is 0 Å². The average molecular weight is 613 g/mol. The summed E-state index contributed by atoms with van der Waals surface area (Å²) in [4.78, 5) is 66.5. The van der Waals surface area contributed by atoms with E-state index in [4.69, 9.17) is 9.47 Å². The predicted octanol–water partition coefficient (Wildman–Crippen LogP) is 1.96. The highest BCUT2D eigenvalue weighted by atomic mass is 16.6. The number of carbonyl (C=O) groups excluding carboxylic acids is 4. The van der Waals surface area contributed by atoms with E-state index in [1.54, 1.807) is 31.2 Å². The lowest BCUT2D eigenvalue weighted by molar-refractivity contribution is -0.145. The summed E-state index contributed by atoms with van der Waals surface area (Å²) in [5.41, 5.74) is -0.572. The molecule has 3 N–H and O–H groups in total. The molecule has 1 saturated heterocycles. The topological polar surface area (TPSA) is 172 Å². The molecule has 14 nitrogen and oxygen atoms in total. The molecule has 238 valence electrons. The van der Waals surface area contributed by atoms with Crippen LogP contribution in [0.4, 0.5) is 4.79 Å². The fourth-order valence-electron chi connectivity index (χ4n) is 5.07. The summed E-state index contributed by atoms with van der Waals surface area (Å²) in [6, 6.07) is 9.17. The third-order valence-electron chi connectivity index (χ3n) is 7.57. The summed E-state index contributed by atoms with van der Waals surface area (Å²) in [7, 11) is 0. The van der Waals surface area contributed by atoms with Gasteiger partial charge in [0.25, 0.3) is 11.8 Å². The zero-order valence-electron chi connectivity index (χ0n) is 25.3. The molecule has 0 radical (unpaired) electrons. The van der Waals surface area contributed by atoms with Crippen LogP contribution in [0.2, 0.25) is 0 Å². The van der Waals surface area contributed by atoms with Crippen LogP contribution in [-0.2, 0) is 19.1 Å². The number of carboxylic acid groups (broad SMARTS) is 1. The van der Waals surface area contributed by atoms with Crippen LogP contribution in [0.15, 0.2) is 36.4 Å². The molecule has 1 atom stereocenters. The zero-order chi connectivity index (χ0) is 31.9. The van der Waals surface area contributed by atoms with Gasteiger partial charge in [0.2, 0.25) is 11.8 Å². The molecule has 1 unspecified atom stereocenters. The van der Waals surface area contributed by atoms with E-state index in [-0.39, 0.29) is 69.2 Å². The number of ether oxygens (including phenoxy) is 2. The standard InChI is InChI=1S/C30H40N6O8/c1-4-43-29(42)35-17-15-34(16-18-35)27(40)22(11-12-25(37)38)32-26(39)23-19-24(36(33-23)21-9-6-5-7-10-21)44-30(13-8-14-30)28(41)31-20(2)3/h5-7,9-10,19-20,22H,4,8,11-18H2,1-3H3,(H,31,41)(H,32,39)(H,37,38). The van der Waals surface area contributed by atoms with Crippen LogP contribution in [0, 0.1) is 0 Å². The lowest BCUT2D eigenvalue weighted by Gasteiger charge is -2.40. The van der Waals surface area contributed by atoms with Gasteiger partial charge >= 0.3 is 12.1 Å². The van der Waals surface area contributed by atoms with Crippen molar-refractivity contribution in [1.29, 1.82) is 0 Å². The Balaban J connectivity index is 1.55. The minimum atomic E-state index is -1.14. The van der Waals surface area contributed by atoms with Crippen molar-refractivity contribution in [3.63, 3.8) is 0 Å². The number of nitrogens with zero attached hydrogens (tertiary/aromatic N) is 4. The lowest BCUT2D eigenvalue weighted by atomic mass is 9.79. The number of piperazine rings is 1. The van der Waals surface area contributed by atoms with Gasteiger partial charge in [-0.05, 0) is 58.6 Å². The summed E-state index contributed by atoms with van der Waals surface area (Å²) in [5.74, 6) is -2.33. The number of aliphatic carboxylic acids is 1. The van der Waals surface area contributed by atoms with Gasteiger partial charge in [-0.25, -0.2) is 9.48 Å². The van der Waals surface area contributed by atoms with Gasteiger partial charge in [0.15, 0.2) is 11.3 Å². The van der Waals surface area contributed by atoms with E-state index < -0.39 is 35.5 Å². The van der Waals surface area contributed by atoms with Crippen LogP contribution in [-0.4, -0.2) is 105 Å². The van der Waals surface area contributed by atoms with E-state index in [9.17, 15) is 29.1 Å². The second kappa shape index (κ2) is 14.2. The Hall–Kier alpha value is -4.62. The highest BCUT2D eigenvalue weighted by Crippen LogP contribution is 2.38. The molecule has 2 aliphatic rings. The minimum Gasteiger partial charge on any atom is -0.481 e. The highest BCUT2D eigenvalue weighted by Gasteiger charge is 2.48. The monoisotopic (exact) mass is 612 g/mol. The summed E-state index contributed by atoms with van der Waals surface area (Å²) < 4.78 is 12.8. The van der Waals surface area contributed by atoms with E-state index in [1.165, 1.54) is 20.5 Å². The van der Waals surface area contributed by atoms with Crippen molar-refractivity contribution in [2.75, 3.05) is 32.8 Å². The SMILES string of the molecule is CCOC(=O)N1CCN(C(=O)C(CCC(=O)O)NC(=O)c2cc(OC3(C(=O)NC(C)C)CCC3)n(-c3ccccc3)n2)CC1. The summed E-state index contributed by atoms with van der Waals surface area (Å²) >= 11 is 0. The maximum atomic E-state index is 13.5. The number of hydrogen-bond donors (Lipinski definition) is 3. The summed E-state index contributed by atoms with van der Waals surface area (Å²) in [6.07, 6.45) is 0.858. The maximum Gasteiger partial charge on any atom is 0.409 e. The summed E-state index contributed by atoms with van der Waals surface area (Å²) in [5, 5.41) is 19.3. The molecular formula is C30H40N6O8. The second-order valence-corrected chi connectivity index (χ2v) is 11.2. The Morgan fingerprint density at radius 3 is 2.23 bits per heavy atom. The molecule has 44 heavy (non-hydrogen) atoms. The Morgan fingerprint density at radius 1 is 1.00 bits per heavy atom. The predicted molar refractivity (Wildman–Crippen MR) is 157 cm³/mol. The number of carboxylic acids is 1. The Morgan fingerprint density at radius 2 is 1.66 bits per heavy atom. The van der Waals surface area contributed by atoms with Crippen LogP contribution < -0.4 is 15.4 Å².